The van der Waals surface area contributed by atoms with Crippen LogP contribution in [-0.2, 0) is 11.2 Å². The van der Waals surface area contributed by atoms with Crippen LogP contribution in [0, 0.1) is 0 Å². The highest BCUT2D eigenvalue weighted by Gasteiger charge is 2.42. The quantitative estimate of drug-likeness (QED) is 0.854. The summed E-state index contributed by atoms with van der Waals surface area (Å²) in [7, 11) is 0. The average molecular weight is 222 g/mol. The topological polar surface area (TPSA) is 37.3 Å². The van der Waals surface area contributed by atoms with E-state index >= 15 is 0 Å². The molecule has 80 valence electrons. The van der Waals surface area contributed by atoms with Gasteiger partial charge in [0.2, 0.25) is 0 Å². The third-order valence-corrected chi connectivity index (χ3v) is 4.39. The summed E-state index contributed by atoms with van der Waals surface area (Å²) in [6.07, 6.45) is 2.46. The third-order valence-electron chi connectivity index (χ3n) is 2.83. The van der Waals surface area contributed by atoms with Crippen molar-refractivity contribution in [2.24, 2.45) is 0 Å². The highest BCUT2D eigenvalue weighted by molar-refractivity contribution is 8.01. The molecule has 1 heterocycles. The molecule has 1 aromatic rings. The molecule has 1 atom stereocenters. The Labute approximate surface area is 93.7 Å². The van der Waals surface area contributed by atoms with Crippen LogP contribution in [0.4, 0.5) is 0 Å². The predicted octanol–water partition coefficient (Wildman–Crippen LogP) is 2.58. The van der Waals surface area contributed by atoms with Crippen LogP contribution in [0.1, 0.15) is 18.4 Å². The smallest absolute Gasteiger partial charge is 0.320 e. The van der Waals surface area contributed by atoms with Crippen LogP contribution in [0.2, 0.25) is 0 Å². The van der Waals surface area contributed by atoms with Crippen molar-refractivity contribution in [3.8, 4) is 0 Å². The van der Waals surface area contributed by atoms with Crippen LogP contribution in [0.15, 0.2) is 30.3 Å². The Morgan fingerprint density at radius 2 is 2.13 bits per heavy atom. The van der Waals surface area contributed by atoms with Gasteiger partial charge in [0.05, 0.1) is 0 Å². The largest absolute Gasteiger partial charge is 0.480 e. The summed E-state index contributed by atoms with van der Waals surface area (Å²) in [6, 6.07) is 9.89. The van der Waals surface area contributed by atoms with Crippen molar-refractivity contribution in [3.05, 3.63) is 35.9 Å². The molecule has 1 unspecified atom stereocenters. The fourth-order valence-corrected chi connectivity index (χ4v) is 3.37. The molecule has 1 aromatic carbocycles. The molecule has 1 N–H and O–H groups in total. The molecule has 3 heteroatoms. The van der Waals surface area contributed by atoms with Gasteiger partial charge >= 0.3 is 5.97 Å². The second-order valence-corrected chi connectivity index (χ2v) is 5.39. The van der Waals surface area contributed by atoms with Crippen molar-refractivity contribution in [2.75, 3.05) is 5.75 Å². The molecule has 2 nitrogen and oxygen atoms in total. The lowest BCUT2D eigenvalue weighted by molar-refractivity contribution is -0.139. The maximum atomic E-state index is 11.3. The Morgan fingerprint density at radius 3 is 2.67 bits per heavy atom. The number of hydrogen-bond donors (Lipinski definition) is 1. The number of aliphatic carboxylic acids is 1. The van der Waals surface area contributed by atoms with E-state index in [1.54, 1.807) is 11.8 Å². The maximum absolute atomic E-state index is 11.3. The number of carboxylic acid groups (broad SMARTS) is 1. The fourth-order valence-electron chi connectivity index (χ4n) is 2.01. The number of thioether (sulfide) groups is 1. The highest BCUT2D eigenvalue weighted by Crippen LogP contribution is 2.41. The lowest BCUT2D eigenvalue weighted by Gasteiger charge is -2.22. The molecule has 0 spiro atoms. The first-order chi connectivity index (χ1) is 7.23. The number of benzene rings is 1. The van der Waals surface area contributed by atoms with Gasteiger partial charge in [0.1, 0.15) is 4.75 Å². The standard InChI is InChI=1S/C12H14O2S/c13-11(14)12(7-4-8-15-12)9-10-5-2-1-3-6-10/h1-3,5-6H,4,7-9H2,(H,13,14). The molecule has 0 saturated carbocycles. The number of carbonyl (C=O) groups is 1. The first kappa shape index (κ1) is 10.6. The summed E-state index contributed by atoms with van der Waals surface area (Å²) in [6.45, 7) is 0. The lowest BCUT2D eigenvalue weighted by atomic mass is 9.94. The average Bonchev–Trinajstić information content (AvgIpc) is 2.69. The first-order valence-corrected chi connectivity index (χ1v) is 6.13. The van der Waals surface area contributed by atoms with Crippen LogP contribution in [0.5, 0.6) is 0 Å². The Morgan fingerprint density at radius 1 is 1.40 bits per heavy atom. The molecule has 1 saturated heterocycles. The summed E-state index contributed by atoms with van der Waals surface area (Å²) in [5, 5.41) is 9.30. The molecule has 1 fully saturated rings. The van der Waals surface area contributed by atoms with Gasteiger partial charge in [-0.05, 0) is 30.6 Å². The molecular weight excluding hydrogens is 208 g/mol. The molecule has 2 rings (SSSR count). The second kappa shape index (κ2) is 4.27. The van der Waals surface area contributed by atoms with E-state index in [-0.39, 0.29) is 0 Å². The van der Waals surface area contributed by atoms with Crippen LogP contribution in [0.25, 0.3) is 0 Å². The van der Waals surface area contributed by atoms with E-state index < -0.39 is 10.7 Å². The van der Waals surface area contributed by atoms with E-state index in [0.717, 1.165) is 24.2 Å². The molecule has 15 heavy (non-hydrogen) atoms. The van der Waals surface area contributed by atoms with Gasteiger partial charge in [0.15, 0.2) is 0 Å². The van der Waals surface area contributed by atoms with Crippen LogP contribution in [0.3, 0.4) is 0 Å². The first-order valence-electron chi connectivity index (χ1n) is 5.14. The van der Waals surface area contributed by atoms with E-state index in [9.17, 15) is 9.90 Å². The van der Waals surface area contributed by atoms with Gasteiger partial charge in [0, 0.05) is 0 Å². The van der Waals surface area contributed by atoms with Crippen molar-refractivity contribution in [1.82, 2.24) is 0 Å². The monoisotopic (exact) mass is 222 g/mol. The fraction of sp³-hybridized carbons (Fsp3) is 0.417. The van der Waals surface area contributed by atoms with Crippen molar-refractivity contribution < 1.29 is 9.90 Å². The van der Waals surface area contributed by atoms with Gasteiger partial charge in [-0.3, -0.25) is 4.79 Å². The summed E-state index contributed by atoms with van der Waals surface area (Å²) in [5.74, 6) is 0.313. The minimum Gasteiger partial charge on any atom is -0.480 e. The van der Waals surface area contributed by atoms with Crippen LogP contribution >= 0.6 is 11.8 Å². The Bertz CT molecular complexity index is 342. The number of rotatable bonds is 3. The lowest BCUT2D eigenvalue weighted by Crippen LogP contribution is -2.34. The Balaban J connectivity index is 2.18. The zero-order chi connectivity index (χ0) is 10.7. The predicted molar refractivity (Wildman–Crippen MR) is 62.2 cm³/mol. The van der Waals surface area contributed by atoms with Crippen LogP contribution in [-0.4, -0.2) is 21.6 Å². The zero-order valence-corrected chi connectivity index (χ0v) is 9.30. The maximum Gasteiger partial charge on any atom is 0.320 e. The van der Waals surface area contributed by atoms with Crippen LogP contribution < -0.4 is 0 Å². The Hall–Kier alpha value is -0.960. The van der Waals surface area contributed by atoms with E-state index in [4.69, 9.17) is 0 Å². The Kier molecular flexibility index (Phi) is 3.00. The SMILES string of the molecule is O=C(O)C1(Cc2ccccc2)CCCS1. The molecule has 0 radical (unpaired) electrons. The van der Waals surface area contributed by atoms with E-state index in [2.05, 4.69) is 0 Å². The summed E-state index contributed by atoms with van der Waals surface area (Å²) in [4.78, 5) is 11.3. The minimum atomic E-state index is -0.658. The molecule has 1 aliphatic rings. The van der Waals surface area contributed by atoms with Gasteiger partial charge in [-0.2, -0.15) is 0 Å². The van der Waals surface area contributed by atoms with Gasteiger partial charge in [0.25, 0.3) is 0 Å². The van der Waals surface area contributed by atoms with E-state index in [1.165, 1.54) is 0 Å². The molecule has 0 aliphatic carbocycles. The van der Waals surface area contributed by atoms with Gasteiger partial charge in [-0.1, -0.05) is 30.3 Å². The molecular formula is C12H14O2S. The number of carboxylic acids is 1. The van der Waals surface area contributed by atoms with Crippen molar-refractivity contribution in [1.29, 1.82) is 0 Å². The normalized spacial score (nSPS) is 25.3. The molecule has 0 bridgehead atoms. The van der Waals surface area contributed by atoms with Gasteiger partial charge in [-0.15, -0.1) is 11.8 Å². The number of hydrogen-bond acceptors (Lipinski definition) is 2. The molecule has 0 aromatic heterocycles. The van der Waals surface area contributed by atoms with E-state index in [0.29, 0.717) is 6.42 Å². The second-order valence-electron chi connectivity index (χ2n) is 3.91. The van der Waals surface area contributed by atoms with Crippen molar-refractivity contribution >= 4 is 17.7 Å². The summed E-state index contributed by atoms with van der Waals surface area (Å²) >= 11 is 1.59. The molecule has 1 aliphatic heterocycles. The van der Waals surface area contributed by atoms with E-state index in [1.807, 2.05) is 30.3 Å². The molecule has 0 amide bonds. The zero-order valence-electron chi connectivity index (χ0n) is 8.48. The summed E-state index contributed by atoms with van der Waals surface area (Å²) in [5.41, 5.74) is 1.12. The highest BCUT2D eigenvalue weighted by atomic mass is 32.2. The third kappa shape index (κ3) is 2.17. The minimum absolute atomic E-state index is 0.568. The van der Waals surface area contributed by atoms with Crippen molar-refractivity contribution in [2.45, 2.75) is 24.0 Å². The summed E-state index contributed by atoms with van der Waals surface area (Å²) < 4.78 is -0.568. The van der Waals surface area contributed by atoms with Gasteiger partial charge in [-0.25, -0.2) is 0 Å². The van der Waals surface area contributed by atoms with Crippen molar-refractivity contribution in [3.63, 3.8) is 0 Å². The van der Waals surface area contributed by atoms with Gasteiger partial charge < -0.3 is 5.11 Å².